The molecule has 0 atom stereocenters. The Bertz CT molecular complexity index is 1090. The number of hydrogen-bond donors (Lipinski definition) is 2. The normalized spacial score (nSPS) is 11.1. The van der Waals surface area contributed by atoms with Gasteiger partial charge in [-0.3, -0.25) is 9.48 Å². The fraction of sp³-hybridized carbons (Fsp3) is 0.125. The number of hydrogen-bond acceptors (Lipinski definition) is 6. The molecule has 4 heterocycles. The first kappa shape index (κ1) is 14.6. The van der Waals surface area contributed by atoms with Crippen molar-refractivity contribution in [2.75, 3.05) is 5.32 Å². The van der Waals surface area contributed by atoms with Crippen molar-refractivity contribution in [3.63, 3.8) is 0 Å². The highest BCUT2D eigenvalue weighted by Gasteiger charge is 2.10. The first-order valence-corrected chi connectivity index (χ1v) is 8.14. The van der Waals surface area contributed by atoms with E-state index in [1.807, 2.05) is 25.2 Å². The van der Waals surface area contributed by atoms with Crippen LogP contribution in [-0.2, 0) is 7.05 Å². The molecule has 0 saturated heterocycles. The van der Waals surface area contributed by atoms with Crippen LogP contribution < -0.4 is 10.9 Å². The lowest BCUT2D eigenvalue weighted by molar-refractivity contribution is 0.775. The number of aryl methyl sites for hydroxylation is 2. The van der Waals surface area contributed by atoms with Crippen molar-refractivity contribution < 1.29 is 0 Å². The molecule has 0 aromatic carbocycles. The van der Waals surface area contributed by atoms with E-state index in [0.29, 0.717) is 17.2 Å². The summed E-state index contributed by atoms with van der Waals surface area (Å²) >= 11 is 1.57. The Morgan fingerprint density at radius 3 is 2.92 bits per heavy atom. The van der Waals surface area contributed by atoms with Crippen LogP contribution in [0.4, 0.5) is 11.6 Å². The highest BCUT2D eigenvalue weighted by molar-refractivity contribution is 7.21. The first-order chi connectivity index (χ1) is 11.6. The molecule has 0 spiro atoms. The Kier molecular flexibility index (Phi) is 3.39. The van der Waals surface area contributed by atoms with Gasteiger partial charge in [0.1, 0.15) is 16.6 Å². The van der Waals surface area contributed by atoms with Gasteiger partial charge in [0.15, 0.2) is 0 Å². The molecule has 0 aliphatic heterocycles. The molecule has 0 unspecified atom stereocenters. The van der Waals surface area contributed by atoms with Gasteiger partial charge in [0.25, 0.3) is 5.56 Å². The van der Waals surface area contributed by atoms with Crippen LogP contribution in [0.5, 0.6) is 0 Å². The minimum absolute atomic E-state index is 0.117. The summed E-state index contributed by atoms with van der Waals surface area (Å²) in [5, 5.41) is 8.17. The van der Waals surface area contributed by atoms with Gasteiger partial charge in [-0.15, -0.1) is 11.3 Å². The third-order valence-electron chi connectivity index (χ3n) is 3.68. The third-order valence-corrected chi connectivity index (χ3v) is 4.71. The molecule has 0 fully saturated rings. The largest absolute Gasteiger partial charge is 0.326 e. The maximum Gasteiger partial charge on any atom is 0.252 e. The second kappa shape index (κ2) is 5.57. The number of aromatic nitrogens is 5. The summed E-state index contributed by atoms with van der Waals surface area (Å²) < 4.78 is 2.79. The van der Waals surface area contributed by atoms with Crippen LogP contribution in [0.15, 0.2) is 41.5 Å². The number of aromatic amines is 1. The van der Waals surface area contributed by atoms with Crippen molar-refractivity contribution in [3.8, 4) is 10.7 Å². The van der Waals surface area contributed by atoms with Crippen LogP contribution in [0.25, 0.3) is 20.9 Å². The summed E-state index contributed by atoms with van der Waals surface area (Å²) in [7, 11) is 1.89. The second-order valence-corrected chi connectivity index (χ2v) is 6.44. The standard InChI is InChI=1S/C16H14N6OS/c1-9-3-4-13(21-15(9)23)20-14-7-10-12(8-17-14)24-16(19-10)11-5-6-18-22(11)2/h3-8H,1-2H3,(H2,17,20,21,23). The van der Waals surface area contributed by atoms with E-state index >= 15 is 0 Å². The van der Waals surface area contributed by atoms with Crippen LogP contribution in [-0.4, -0.2) is 24.7 Å². The third kappa shape index (κ3) is 2.56. The number of thiazole rings is 1. The zero-order valence-electron chi connectivity index (χ0n) is 13.1. The zero-order valence-corrected chi connectivity index (χ0v) is 13.9. The van der Waals surface area contributed by atoms with Crippen LogP contribution in [0.1, 0.15) is 5.56 Å². The van der Waals surface area contributed by atoms with Crippen molar-refractivity contribution >= 4 is 33.2 Å². The SMILES string of the molecule is Cc1ccc(Nc2cc3nc(-c4ccnn4C)sc3cn2)[nH]c1=O. The highest BCUT2D eigenvalue weighted by Crippen LogP contribution is 2.30. The van der Waals surface area contributed by atoms with Crippen molar-refractivity contribution in [1.29, 1.82) is 0 Å². The van der Waals surface area contributed by atoms with Gasteiger partial charge < -0.3 is 10.3 Å². The summed E-state index contributed by atoms with van der Waals surface area (Å²) in [5.41, 5.74) is 2.37. The Morgan fingerprint density at radius 1 is 1.29 bits per heavy atom. The molecule has 24 heavy (non-hydrogen) atoms. The lowest BCUT2D eigenvalue weighted by Gasteiger charge is -2.05. The van der Waals surface area contributed by atoms with E-state index in [2.05, 4.69) is 25.4 Å². The minimum Gasteiger partial charge on any atom is -0.326 e. The van der Waals surface area contributed by atoms with Gasteiger partial charge in [-0.05, 0) is 19.1 Å². The van der Waals surface area contributed by atoms with E-state index in [1.165, 1.54) is 0 Å². The van der Waals surface area contributed by atoms with E-state index < -0.39 is 0 Å². The molecule has 0 radical (unpaired) electrons. The number of H-pyrrole nitrogens is 1. The summed E-state index contributed by atoms with van der Waals surface area (Å²) in [5.74, 6) is 1.23. The quantitative estimate of drug-likeness (QED) is 0.600. The summed E-state index contributed by atoms with van der Waals surface area (Å²) in [6.07, 6.45) is 3.53. The number of fused-ring (bicyclic) bond motifs is 1. The van der Waals surface area contributed by atoms with Crippen molar-refractivity contribution in [1.82, 2.24) is 24.7 Å². The average molecular weight is 338 g/mol. The van der Waals surface area contributed by atoms with Gasteiger partial charge in [-0.1, -0.05) is 6.07 Å². The lowest BCUT2D eigenvalue weighted by atomic mass is 10.3. The molecule has 0 saturated carbocycles. The van der Waals surface area contributed by atoms with Crippen LogP contribution in [0.3, 0.4) is 0 Å². The van der Waals surface area contributed by atoms with Gasteiger partial charge in [-0.2, -0.15) is 5.10 Å². The molecule has 120 valence electrons. The molecule has 0 aliphatic rings. The van der Waals surface area contributed by atoms with Crippen molar-refractivity contribution in [2.45, 2.75) is 6.92 Å². The van der Waals surface area contributed by atoms with Gasteiger partial charge in [0.2, 0.25) is 0 Å². The molecule has 4 rings (SSSR count). The molecule has 4 aromatic rings. The van der Waals surface area contributed by atoms with Crippen LogP contribution in [0.2, 0.25) is 0 Å². The highest BCUT2D eigenvalue weighted by atomic mass is 32.1. The predicted octanol–water partition coefficient (Wildman–Crippen LogP) is 2.83. The fourth-order valence-corrected chi connectivity index (χ4v) is 3.33. The second-order valence-electron chi connectivity index (χ2n) is 5.41. The number of anilines is 2. The van der Waals surface area contributed by atoms with E-state index in [0.717, 1.165) is 20.9 Å². The Labute approximate surface area is 141 Å². The van der Waals surface area contributed by atoms with E-state index in [1.54, 1.807) is 41.4 Å². The number of pyridine rings is 2. The van der Waals surface area contributed by atoms with Crippen molar-refractivity contribution in [3.05, 3.63) is 52.6 Å². The predicted molar refractivity (Wildman–Crippen MR) is 94.7 cm³/mol. The van der Waals surface area contributed by atoms with Crippen LogP contribution in [0, 0.1) is 6.92 Å². The Morgan fingerprint density at radius 2 is 2.17 bits per heavy atom. The molecule has 7 nitrogen and oxygen atoms in total. The van der Waals surface area contributed by atoms with E-state index in [4.69, 9.17) is 0 Å². The Hall–Kier alpha value is -3.00. The number of nitrogens with one attached hydrogen (secondary N) is 2. The monoisotopic (exact) mass is 338 g/mol. The molecule has 2 N–H and O–H groups in total. The molecule has 4 aromatic heterocycles. The first-order valence-electron chi connectivity index (χ1n) is 7.32. The molecule has 0 amide bonds. The average Bonchev–Trinajstić information content (AvgIpc) is 3.16. The zero-order chi connectivity index (χ0) is 16.7. The van der Waals surface area contributed by atoms with Gasteiger partial charge in [0.05, 0.1) is 15.9 Å². The minimum atomic E-state index is -0.117. The smallest absolute Gasteiger partial charge is 0.252 e. The summed E-state index contributed by atoms with van der Waals surface area (Å²) in [6.45, 7) is 1.77. The molecule has 0 bridgehead atoms. The molecular formula is C16H14N6OS. The van der Waals surface area contributed by atoms with Gasteiger partial charge in [-0.25, -0.2) is 9.97 Å². The van der Waals surface area contributed by atoms with Gasteiger partial charge in [0, 0.05) is 31.1 Å². The maximum absolute atomic E-state index is 11.7. The Balaban J connectivity index is 1.69. The van der Waals surface area contributed by atoms with Gasteiger partial charge >= 0.3 is 0 Å². The molecule has 8 heteroatoms. The summed E-state index contributed by atoms with van der Waals surface area (Å²) in [4.78, 5) is 23.5. The number of nitrogens with zero attached hydrogens (tertiary/aromatic N) is 4. The van der Waals surface area contributed by atoms with Crippen LogP contribution >= 0.6 is 11.3 Å². The topological polar surface area (TPSA) is 88.5 Å². The fourth-order valence-electron chi connectivity index (χ4n) is 2.35. The lowest BCUT2D eigenvalue weighted by Crippen LogP contribution is -2.10. The van der Waals surface area contributed by atoms with E-state index in [-0.39, 0.29) is 5.56 Å². The molecule has 0 aliphatic carbocycles. The van der Waals surface area contributed by atoms with Crippen molar-refractivity contribution in [2.24, 2.45) is 7.05 Å². The summed E-state index contributed by atoms with van der Waals surface area (Å²) in [6, 6.07) is 7.37. The molecular weight excluding hydrogens is 324 g/mol. The maximum atomic E-state index is 11.7. The van der Waals surface area contributed by atoms with E-state index in [9.17, 15) is 4.79 Å². The number of rotatable bonds is 3.